The summed E-state index contributed by atoms with van der Waals surface area (Å²) in [6.45, 7) is 4.31. The van der Waals surface area contributed by atoms with Gasteiger partial charge < -0.3 is 14.8 Å². The van der Waals surface area contributed by atoms with Crippen LogP contribution in [0.5, 0.6) is 11.6 Å². The molecule has 2 aromatic heterocycles. The number of pyridine rings is 1. The first-order chi connectivity index (χ1) is 16.4. The maximum absolute atomic E-state index is 13.8. The zero-order valence-corrected chi connectivity index (χ0v) is 19.7. The number of hydrogen-bond acceptors (Lipinski definition) is 5. The Morgan fingerprint density at radius 3 is 2.53 bits per heavy atom. The minimum atomic E-state index is -0.347. The standard InChI is InChI=1S/C26H27FN4O3/c1-16-22(12-13-23(32)28-15-18-8-10-21(33-3)11-9-18)26(34-4)29-25-24(16)17(2)30-31(25)20-7-5-6-19(27)14-20/h5-11,14H,12-13,15H2,1-4H3,(H,28,32). The first-order valence-electron chi connectivity index (χ1n) is 11.0. The normalized spacial score (nSPS) is 11.0. The molecule has 0 saturated carbocycles. The van der Waals surface area contributed by atoms with Crippen molar-refractivity contribution >= 4 is 16.9 Å². The summed E-state index contributed by atoms with van der Waals surface area (Å²) in [5.74, 6) is 0.798. The molecule has 0 saturated heterocycles. The second-order valence-electron chi connectivity index (χ2n) is 8.03. The fourth-order valence-corrected chi connectivity index (χ4v) is 4.05. The molecule has 0 fully saturated rings. The number of benzene rings is 2. The first-order valence-corrected chi connectivity index (χ1v) is 11.0. The summed E-state index contributed by atoms with van der Waals surface area (Å²) < 4.78 is 26.1. The van der Waals surface area contributed by atoms with Gasteiger partial charge in [-0.15, -0.1) is 0 Å². The highest BCUT2D eigenvalue weighted by Crippen LogP contribution is 2.32. The van der Waals surface area contributed by atoms with Crippen LogP contribution in [-0.2, 0) is 17.8 Å². The second kappa shape index (κ2) is 9.91. The van der Waals surface area contributed by atoms with E-state index in [9.17, 15) is 9.18 Å². The predicted octanol–water partition coefficient (Wildman–Crippen LogP) is 4.44. The highest BCUT2D eigenvalue weighted by molar-refractivity contribution is 5.86. The number of aryl methyl sites for hydroxylation is 2. The van der Waals surface area contributed by atoms with Gasteiger partial charge in [0.15, 0.2) is 5.65 Å². The molecule has 1 amide bonds. The van der Waals surface area contributed by atoms with E-state index in [4.69, 9.17) is 9.47 Å². The molecule has 0 radical (unpaired) electrons. The topological polar surface area (TPSA) is 78.3 Å². The quantitative estimate of drug-likeness (QED) is 0.419. The molecule has 7 nitrogen and oxygen atoms in total. The number of carbonyl (C=O) groups excluding carboxylic acids is 1. The maximum atomic E-state index is 13.8. The molecule has 8 heteroatoms. The van der Waals surface area contributed by atoms with Crippen molar-refractivity contribution in [2.24, 2.45) is 0 Å². The summed E-state index contributed by atoms with van der Waals surface area (Å²) in [5, 5.41) is 8.42. The van der Waals surface area contributed by atoms with Crippen LogP contribution in [0.3, 0.4) is 0 Å². The molecule has 2 heterocycles. The van der Waals surface area contributed by atoms with Crippen molar-refractivity contribution in [2.45, 2.75) is 33.2 Å². The third kappa shape index (κ3) is 4.71. The van der Waals surface area contributed by atoms with Gasteiger partial charge >= 0.3 is 0 Å². The lowest BCUT2D eigenvalue weighted by Gasteiger charge is -2.13. The van der Waals surface area contributed by atoms with Gasteiger partial charge in [0, 0.05) is 23.9 Å². The van der Waals surface area contributed by atoms with Crippen molar-refractivity contribution in [3.8, 4) is 17.3 Å². The van der Waals surface area contributed by atoms with Crippen molar-refractivity contribution in [1.82, 2.24) is 20.1 Å². The molecule has 2 aromatic carbocycles. The molecule has 34 heavy (non-hydrogen) atoms. The number of halogens is 1. The van der Waals surface area contributed by atoms with E-state index >= 15 is 0 Å². The van der Waals surface area contributed by atoms with Crippen LogP contribution in [0.1, 0.15) is 28.8 Å². The van der Waals surface area contributed by atoms with E-state index in [-0.39, 0.29) is 18.1 Å². The third-order valence-electron chi connectivity index (χ3n) is 5.83. The summed E-state index contributed by atoms with van der Waals surface area (Å²) in [6.07, 6.45) is 0.759. The minimum Gasteiger partial charge on any atom is -0.497 e. The number of carbonyl (C=O) groups is 1. The summed E-state index contributed by atoms with van der Waals surface area (Å²) in [6, 6.07) is 13.8. The molecule has 4 aromatic rings. The van der Waals surface area contributed by atoms with E-state index in [1.807, 2.05) is 38.1 Å². The number of methoxy groups -OCH3 is 2. The van der Waals surface area contributed by atoms with Gasteiger partial charge in [-0.1, -0.05) is 18.2 Å². The smallest absolute Gasteiger partial charge is 0.220 e. The summed E-state index contributed by atoms with van der Waals surface area (Å²) in [5.41, 5.74) is 4.74. The van der Waals surface area contributed by atoms with Gasteiger partial charge in [-0.05, 0) is 61.7 Å². The molecule has 1 N–H and O–H groups in total. The molecule has 0 aliphatic rings. The van der Waals surface area contributed by atoms with Gasteiger partial charge in [0.25, 0.3) is 0 Å². The number of rotatable bonds is 8. The van der Waals surface area contributed by atoms with E-state index in [2.05, 4.69) is 15.4 Å². The van der Waals surface area contributed by atoms with Crippen molar-refractivity contribution in [3.05, 3.63) is 76.7 Å². The maximum Gasteiger partial charge on any atom is 0.220 e. The fraction of sp³-hybridized carbons (Fsp3) is 0.269. The lowest BCUT2D eigenvalue weighted by Crippen LogP contribution is -2.23. The summed E-state index contributed by atoms with van der Waals surface area (Å²) in [7, 11) is 3.17. The van der Waals surface area contributed by atoms with Gasteiger partial charge in [0.1, 0.15) is 11.6 Å². The highest BCUT2D eigenvalue weighted by Gasteiger charge is 2.20. The molecule has 0 atom stereocenters. The third-order valence-corrected chi connectivity index (χ3v) is 5.83. The first kappa shape index (κ1) is 23.2. The Labute approximate surface area is 197 Å². The molecular formula is C26H27FN4O3. The van der Waals surface area contributed by atoms with Crippen LogP contribution >= 0.6 is 0 Å². The molecule has 0 spiro atoms. The number of amides is 1. The number of hydrogen-bond donors (Lipinski definition) is 1. The highest BCUT2D eigenvalue weighted by atomic mass is 19.1. The van der Waals surface area contributed by atoms with Crippen LogP contribution in [0, 0.1) is 19.7 Å². The molecule has 176 valence electrons. The average molecular weight is 463 g/mol. The number of fused-ring (bicyclic) bond motifs is 1. The summed E-state index contributed by atoms with van der Waals surface area (Å²) in [4.78, 5) is 17.2. The van der Waals surface area contributed by atoms with Crippen LogP contribution in [-0.4, -0.2) is 34.9 Å². The van der Waals surface area contributed by atoms with Crippen molar-refractivity contribution in [2.75, 3.05) is 14.2 Å². The fourth-order valence-electron chi connectivity index (χ4n) is 4.05. The molecule has 0 bridgehead atoms. The largest absolute Gasteiger partial charge is 0.497 e. The number of aromatic nitrogens is 3. The zero-order valence-electron chi connectivity index (χ0n) is 19.7. The average Bonchev–Trinajstić information content (AvgIpc) is 3.18. The Kier molecular flexibility index (Phi) is 6.77. The van der Waals surface area contributed by atoms with Crippen molar-refractivity contribution < 1.29 is 18.7 Å². The Hall–Kier alpha value is -3.94. The predicted molar refractivity (Wildman–Crippen MR) is 128 cm³/mol. The lowest BCUT2D eigenvalue weighted by atomic mass is 10.0. The molecular weight excluding hydrogens is 435 g/mol. The van der Waals surface area contributed by atoms with Crippen LogP contribution in [0.2, 0.25) is 0 Å². The number of nitrogens with one attached hydrogen (secondary N) is 1. The Bertz CT molecular complexity index is 1330. The molecule has 4 rings (SSSR count). The monoisotopic (exact) mass is 462 g/mol. The van der Waals surface area contributed by atoms with Crippen molar-refractivity contribution in [3.63, 3.8) is 0 Å². The number of ether oxygens (including phenoxy) is 2. The van der Waals surface area contributed by atoms with E-state index < -0.39 is 0 Å². The molecule has 0 unspecified atom stereocenters. The van der Waals surface area contributed by atoms with E-state index in [0.29, 0.717) is 30.2 Å². The van der Waals surface area contributed by atoms with Crippen LogP contribution < -0.4 is 14.8 Å². The van der Waals surface area contributed by atoms with E-state index in [1.54, 1.807) is 31.0 Å². The van der Waals surface area contributed by atoms with Crippen molar-refractivity contribution in [1.29, 1.82) is 0 Å². The Morgan fingerprint density at radius 1 is 1.09 bits per heavy atom. The second-order valence-corrected chi connectivity index (χ2v) is 8.03. The van der Waals surface area contributed by atoms with Crippen LogP contribution in [0.25, 0.3) is 16.7 Å². The molecule has 0 aliphatic heterocycles. The Morgan fingerprint density at radius 2 is 1.85 bits per heavy atom. The van der Waals surface area contributed by atoms with Gasteiger partial charge in [-0.2, -0.15) is 10.1 Å². The van der Waals surface area contributed by atoms with Gasteiger partial charge in [-0.25, -0.2) is 9.07 Å². The minimum absolute atomic E-state index is 0.0652. The lowest BCUT2D eigenvalue weighted by molar-refractivity contribution is -0.121. The van der Waals surface area contributed by atoms with Gasteiger partial charge in [0.05, 0.1) is 25.6 Å². The molecule has 0 aliphatic carbocycles. The SMILES string of the molecule is COc1ccc(CNC(=O)CCc2c(OC)nc3c(c(C)nn3-c3cccc(F)c3)c2C)cc1. The zero-order chi connectivity index (χ0) is 24.2. The van der Waals surface area contributed by atoms with E-state index in [1.165, 1.54) is 12.1 Å². The van der Waals surface area contributed by atoms with Gasteiger partial charge in [-0.3, -0.25) is 4.79 Å². The van der Waals surface area contributed by atoms with Crippen LogP contribution in [0.4, 0.5) is 4.39 Å². The van der Waals surface area contributed by atoms with E-state index in [0.717, 1.165) is 33.5 Å². The van der Waals surface area contributed by atoms with Gasteiger partial charge in [0.2, 0.25) is 11.8 Å². The Balaban J connectivity index is 1.54. The number of nitrogens with zero attached hydrogens (tertiary/aromatic N) is 3. The van der Waals surface area contributed by atoms with Crippen LogP contribution in [0.15, 0.2) is 48.5 Å². The summed E-state index contributed by atoms with van der Waals surface area (Å²) >= 11 is 0.